The van der Waals surface area contributed by atoms with E-state index in [4.69, 9.17) is 19.9 Å². The number of carboxylic acids is 2. The fourth-order valence-corrected chi connectivity index (χ4v) is 0.685. The zero-order valence-corrected chi connectivity index (χ0v) is 9.83. The Kier molecular flexibility index (Phi) is 3.42. The Hall–Kier alpha value is -2.91. The summed E-state index contributed by atoms with van der Waals surface area (Å²) >= 11 is 0. The number of carbonyl (C=O) groups excluding carboxylic acids is 1. The van der Waals surface area contributed by atoms with E-state index in [1.54, 1.807) is 0 Å². The van der Waals surface area contributed by atoms with Crippen LogP contribution in [0.2, 0.25) is 2.82 Å². The van der Waals surface area contributed by atoms with Crippen molar-refractivity contribution in [2.45, 2.75) is 19.3 Å². The molecule has 1 atom stereocenters. The van der Waals surface area contributed by atoms with Crippen LogP contribution >= 0.6 is 0 Å². The Labute approximate surface area is 121 Å². The third kappa shape index (κ3) is 8.22. The van der Waals surface area contributed by atoms with Crippen molar-refractivity contribution in [3.05, 3.63) is 33.1 Å². The molecule has 1 heterocycles. The lowest BCUT2D eigenvalue weighted by atomic mass is 10.2. The number of aromatic nitrogens is 2. The number of hydrogen-bond acceptors (Lipinski definition) is 5. The molecular formula is C10H13N3O7. The summed E-state index contributed by atoms with van der Waals surface area (Å²) in [5, 5.41) is 18.4. The van der Waals surface area contributed by atoms with Gasteiger partial charge >= 0.3 is 17.6 Å². The molecular weight excluding hydrogens is 274 g/mol. The van der Waals surface area contributed by atoms with Crippen LogP contribution in [0.25, 0.3) is 0 Å². The summed E-state index contributed by atoms with van der Waals surface area (Å²) in [5.74, 6) is -5.25. The summed E-state index contributed by atoms with van der Waals surface area (Å²) in [4.78, 5) is 52.9. The second kappa shape index (κ2) is 8.24. The first-order chi connectivity index (χ1) is 12.0. The molecule has 0 spiro atoms. The lowest BCUT2D eigenvalue weighted by molar-refractivity contribution is -0.147. The molecule has 0 fully saturated rings. The lowest BCUT2D eigenvalue weighted by Gasteiger charge is -2.09. The van der Waals surface area contributed by atoms with Gasteiger partial charge in [-0.1, -0.05) is 0 Å². The van der Waals surface area contributed by atoms with E-state index in [1.807, 2.05) is 0 Å². The minimum absolute atomic E-state index is 0.0106. The first kappa shape index (κ1) is 8.30. The summed E-state index contributed by atoms with van der Waals surface area (Å²) < 4.78 is 48.5. The number of carbonyl (C=O) groups is 3. The van der Waals surface area contributed by atoms with Gasteiger partial charge < -0.3 is 20.5 Å². The van der Waals surface area contributed by atoms with Crippen molar-refractivity contribution in [2.75, 3.05) is 0 Å². The maximum Gasteiger partial charge on any atom is 0.326 e. The van der Waals surface area contributed by atoms with Crippen LogP contribution in [0.15, 0.2) is 21.8 Å². The van der Waals surface area contributed by atoms with Gasteiger partial charge in [-0.3, -0.25) is 19.4 Å². The van der Waals surface area contributed by atoms with Crippen molar-refractivity contribution >= 4 is 17.8 Å². The van der Waals surface area contributed by atoms with Gasteiger partial charge in [-0.2, -0.15) is 0 Å². The molecule has 0 unspecified atom stereocenters. The van der Waals surface area contributed by atoms with Crippen LogP contribution in [0, 0.1) is 0 Å². The summed E-state index contributed by atoms with van der Waals surface area (Å²) in [6.07, 6.45) is -4.25. The predicted molar refractivity (Wildman–Crippen MR) is 65.2 cm³/mol. The molecule has 1 rings (SSSR count). The SMILES string of the molecule is [2H]C([2H])(C(=O)O)[C@]([2H])(NC(C)=O)C(=O)O.[2H]c1c([2H])n([2H])c(=O)n([2H])c1=O. The van der Waals surface area contributed by atoms with Crippen LogP contribution in [0.1, 0.15) is 20.2 Å². The molecule has 0 aliphatic carbocycles. The van der Waals surface area contributed by atoms with Gasteiger partial charge in [0.15, 0.2) is 2.82 Å². The summed E-state index contributed by atoms with van der Waals surface area (Å²) in [6, 6.07) is -4.09. The topological polar surface area (TPSA) is 169 Å². The average Bonchev–Trinajstić information content (AvgIpc) is 2.56. The first-order valence-corrected chi connectivity index (χ1v) is 4.61. The average molecular weight is 294 g/mol. The normalized spacial score (nSPS) is 17.9. The number of nitrogens with one attached hydrogen (secondary N) is 3. The van der Waals surface area contributed by atoms with Crippen molar-refractivity contribution in [1.29, 1.82) is 0 Å². The van der Waals surface area contributed by atoms with Crippen molar-refractivity contribution in [1.82, 2.24) is 15.3 Å². The Morgan fingerprint density at radius 3 is 2.60 bits per heavy atom. The van der Waals surface area contributed by atoms with Gasteiger partial charge in [-0.25, -0.2) is 9.59 Å². The largest absolute Gasteiger partial charge is 0.481 e. The Morgan fingerprint density at radius 2 is 2.15 bits per heavy atom. The number of rotatable bonds is 4. The summed E-state index contributed by atoms with van der Waals surface area (Å²) in [6.45, 7) is 0.851. The summed E-state index contributed by atoms with van der Waals surface area (Å²) in [7, 11) is 0. The fraction of sp³-hybridized carbons (Fsp3) is 0.300. The molecule has 0 radical (unpaired) electrons. The molecule has 1 amide bonds. The number of aromatic amines is 2. The third-order valence-electron chi connectivity index (χ3n) is 1.26. The molecule has 20 heavy (non-hydrogen) atoms. The minimum atomic E-state index is -3.44. The van der Waals surface area contributed by atoms with E-state index in [0.717, 1.165) is 6.92 Å². The monoisotopic (exact) mass is 294 g/mol. The molecule has 1 aromatic rings. The predicted octanol–water partition coefficient (Wildman–Crippen LogP) is -1.89. The second-order valence-corrected chi connectivity index (χ2v) is 2.84. The van der Waals surface area contributed by atoms with Gasteiger partial charge in [0, 0.05) is 21.9 Å². The first-order valence-electron chi connectivity index (χ1n) is 8.01. The smallest absolute Gasteiger partial charge is 0.326 e. The van der Waals surface area contributed by atoms with Gasteiger partial charge in [0.25, 0.3) is 5.56 Å². The van der Waals surface area contributed by atoms with Crippen LogP contribution in [0.5, 0.6) is 0 Å². The van der Waals surface area contributed by atoms with Gasteiger partial charge in [0.05, 0.1) is 10.5 Å². The molecule has 5 N–H and O–H groups in total. The molecule has 10 heteroatoms. The number of H-pyrrole nitrogens is 2. The van der Waals surface area contributed by atoms with Crippen LogP contribution in [-0.4, -0.2) is 44.0 Å². The lowest BCUT2D eigenvalue weighted by Crippen LogP contribution is -2.41. The van der Waals surface area contributed by atoms with E-state index in [0.29, 0.717) is 0 Å². The molecule has 0 saturated carbocycles. The molecule has 110 valence electrons. The Balaban J connectivity index is 0.000000511. The third-order valence-corrected chi connectivity index (χ3v) is 1.26. The van der Waals surface area contributed by atoms with E-state index >= 15 is 0 Å². The van der Waals surface area contributed by atoms with Gasteiger partial charge in [0.2, 0.25) is 5.91 Å². The van der Waals surface area contributed by atoms with Gasteiger partial charge in [-0.05, 0) is 0 Å². The number of hydrogen-bond donors (Lipinski definition) is 5. The molecule has 10 nitrogen and oxygen atoms in total. The van der Waals surface area contributed by atoms with E-state index < -0.39 is 53.7 Å². The van der Waals surface area contributed by atoms with Gasteiger partial charge in [-0.15, -0.1) is 0 Å². The summed E-state index contributed by atoms with van der Waals surface area (Å²) in [5.41, 5.74) is -2.44. The number of carboxylic acid groups (broad SMARTS) is 2. The van der Waals surface area contributed by atoms with E-state index in [9.17, 15) is 24.0 Å². The van der Waals surface area contributed by atoms with E-state index in [1.165, 1.54) is 5.32 Å². The van der Waals surface area contributed by atoms with Crippen molar-refractivity contribution < 1.29 is 34.3 Å². The van der Waals surface area contributed by atoms with E-state index in [2.05, 4.69) is 0 Å². The van der Waals surface area contributed by atoms with Gasteiger partial charge in [0.1, 0.15) is 6.02 Å². The molecule has 0 aliphatic heterocycles. The van der Waals surface area contributed by atoms with Crippen LogP contribution in [0.3, 0.4) is 0 Å². The van der Waals surface area contributed by atoms with E-state index in [-0.39, 0.29) is 9.95 Å². The zero-order chi connectivity index (χ0) is 21.9. The quantitative estimate of drug-likeness (QED) is 0.432. The van der Waals surface area contributed by atoms with Crippen LogP contribution < -0.4 is 16.6 Å². The van der Waals surface area contributed by atoms with Crippen molar-refractivity contribution in [3.8, 4) is 0 Å². The van der Waals surface area contributed by atoms with Crippen molar-refractivity contribution in [3.63, 3.8) is 0 Å². The molecule has 0 saturated heterocycles. The highest BCUT2D eigenvalue weighted by molar-refractivity contribution is 5.85. The highest BCUT2D eigenvalue weighted by Gasteiger charge is 2.21. The maximum atomic E-state index is 10.7. The highest BCUT2D eigenvalue weighted by Crippen LogP contribution is 1.91. The van der Waals surface area contributed by atoms with Crippen molar-refractivity contribution in [2.24, 2.45) is 0 Å². The number of amides is 1. The molecule has 0 aliphatic rings. The van der Waals surface area contributed by atoms with Crippen LogP contribution in [0.4, 0.5) is 0 Å². The molecule has 0 aromatic carbocycles. The highest BCUT2D eigenvalue weighted by atomic mass is 16.4. The standard InChI is InChI=1S/C6H9NO5.C4H4N2O2/c1-3(8)7-4(6(11)12)2-5(9)10;7-3-1-2-5-4(8)6-3/h4H,2H2,1H3,(H,7,8)(H,9,10)(H,11,12);1-2H,(H2,5,6,7,8)/t4-;/m0./s1/i2D2,4D;1D,2D/hD2. The second-order valence-electron chi connectivity index (χ2n) is 2.84. The zero-order valence-electron chi connectivity index (χ0n) is 16.8. The minimum Gasteiger partial charge on any atom is -0.481 e. The Bertz CT molecular complexity index is 859. The van der Waals surface area contributed by atoms with Crippen LogP contribution in [-0.2, 0) is 14.4 Å². The number of aliphatic carboxylic acids is 2. The Morgan fingerprint density at radius 1 is 1.55 bits per heavy atom. The maximum absolute atomic E-state index is 10.7. The fourth-order valence-electron chi connectivity index (χ4n) is 0.685. The molecule has 0 bridgehead atoms. The molecule has 1 aromatic heterocycles.